The number of rotatable bonds is 12. The lowest BCUT2D eigenvalue weighted by Crippen LogP contribution is -2.44. The molecule has 40 heavy (non-hydrogen) atoms. The number of fused-ring (bicyclic) bond motifs is 1. The number of aromatic amines is 1. The molecule has 3 N–H and O–H groups in total. The summed E-state index contributed by atoms with van der Waals surface area (Å²) in [6.45, 7) is 0.134. The predicted octanol–water partition coefficient (Wildman–Crippen LogP) is 1.99. The lowest BCUT2D eigenvalue weighted by Gasteiger charge is -2.17. The van der Waals surface area contributed by atoms with Gasteiger partial charge in [0.2, 0.25) is 11.8 Å². The van der Waals surface area contributed by atoms with E-state index in [0.717, 1.165) is 30.0 Å². The predicted molar refractivity (Wildman–Crippen MR) is 148 cm³/mol. The highest BCUT2D eigenvalue weighted by molar-refractivity contribution is 5.96. The summed E-state index contributed by atoms with van der Waals surface area (Å²) in [5, 5.41) is 5.08. The number of imidazole rings is 1. The fourth-order valence-electron chi connectivity index (χ4n) is 4.14. The van der Waals surface area contributed by atoms with Gasteiger partial charge >= 0.3 is 6.09 Å². The second-order valence-corrected chi connectivity index (χ2v) is 9.93. The van der Waals surface area contributed by atoms with E-state index in [1.807, 2.05) is 0 Å². The van der Waals surface area contributed by atoms with Crippen LogP contribution in [-0.2, 0) is 27.3 Å². The van der Waals surface area contributed by atoms with Crippen LogP contribution in [0.4, 0.5) is 10.5 Å². The van der Waals surface area contributed by atoms with Crippen LogP contribution < -0.4 is 16.2 Å². The van der Waals surface area contributed by atoms with Gasteiger partial charge in [0, 0.05) is 20.3 Å². The number of allylic oxidation sites excluding steroid dienone is 1. The molecule has 1 aliphatic carbocycles. The van der Waals surface area contributed by atoms with Gasteiger partial charge in [-0.15, -0.1) is 0 Å². The van der Waals surface area contributed by atoms with E-state index in [-0.39, 0.29) is 24.6 Å². The standard InChI is InChI=1S/C27H34N8O5/c1-34(2)22(36)9-5-4-7-19(31-27(39)40-3)25(37)30-20-8-6-14-35(26(20)38)15-21-32-23-18(13-12-17-10-11-17)28-16-29-24(23)33-21/h5-6,8-9,14,16-17,19H,4,7,10-13,15H2,1-3H3,(H,30,37)(H,31,39)(H,28,29,32,33)/b9-5+/t19-/m0/s1. The summed E-state index contributed by atoms with van der Waals surface area (Å²) in [6.07, 6.45) is 10.3. The van der Waals surface area contributed by atoms with Gasteiger partial charge in [0.25, 0.3) is 5.56 Å². The number of methoxy groups -OCH3 is 1. The summed E-state index contributed by atoms with van der Waals surface area (Å²) in [7, 11) is 4.45. The molecule has 3 aromatic rings. The lowest BCUT2D eigenvalue weighted by molar-refractivity contribution is -0.123. The van der Waals surface area contributed by atoms with Crippen molar-refractivity contribution >= 4 is 34.8 Å². The van der Waals surface area contributed by atoms with Crippen LogP contribution in [0, 0.1) is 5.92 Å². The molecule has 4 rings (SSSR count). The number of aromatic nitrogens is 5. The fraction of sp³-hybridized carbons (Fsp3) is 0.444. The van der Waals surface area contributed by atoms with Gasteiger partial charge in [0.05, 0.1) is 19.3 Å². The molecular weight excluding hydrogens is 516 g/mol. The SMILES string of the molecule is COC(=O)N[C@@H](CC/C=C/C(=O)N(C)C)C(=O)Nc1cccn(Cc2nc3ncnc(CCC4CC4)c3[nH]2)c1=O. The van der Waals surface area contributed by atoms with Crippen LogP contribution in [0.2, 0.25) is 0 Å². The minimum Gasteiger partial charge on any atom is -0.453 e. The Hall–Kier alpha value is -4.55. The number of nitrogens with one attached hydrogen (secondary N) is 3. The van der Waals surface area contributed by atoms with E-state index in [2.05, 4.69) is 35.3 Å². The number of aryl methyl sites for hydroxylation is 1. The average molecular weight is 551 g/mol. The molecule has 0 spiro atoms. The third-order valence-electron chi connectivity index (χ3n) is 6.62. The zero-order valence-electron chi connectivity index (χ0n) is 22.8. The molecule has 1 saturated carbocycles. The van der Waals surface area contributed by atoms with Crippen molar-refractivity contribution in [2.24, 2.45) is 5.92 Å². The average Bonchev–Trinajstić information content (AvgIpc) is 3.67. The largest absolute Gasteiger partial charge is 0.453 e. The van der Waals surface area contributed by atoms with Crippen LogP contribution in [0.1, 0.15) is 43.6 Å². The Balaban J connectivity index is 1.45. The van der Waals surface area contributed by atoms with E-state index in [1.54, 1.807) is 32.4 Å². The van der Waals surface area contributed by atoms with E-state index in [9.17, 15) is 19.2 Å². The minimum atomic E-state index is -0.998. The molecule has 0 unspecified atom stereocenters. The van der Waals surface area contributed by atoms with Gasteiger partial charge in [-0.1, -0.05) is 18.9 Å². The van der Waals surface area contributed by atoms with Crippen molar-refractivity contribution in [2.75, 3.05) is 26.5 Å². The number of H-pyrrole nitrogens is 1. The first-order chi connectivity index (χ1) is 19.2. The molecule has 13 nitrogen and oxygen atoms in total. The number of alkyl carbamates (subject to hydrolysis) is 1. The maximum atomic E-state index is 13.2. The van der Waals surface area contributed by atoms with Crippen LogP contribution >= 0.6 is 0 Å². The maximum Gasteiger partial charge on any atom is 0.407 e. The Morgan fingerprint density at radius 2 is 2.08 bits per heavy atom. The van der Waals surface area contributed by atoms with Crippen molar-refractivity contribution in [3.05, 3.63) is 58.7 Å². The Morgan fingerprint density at radius 3 is 2.80 bits per heavy atom. The number of hydrogen-bond donors (Lipinski definition) is 3. The van der Waals surface area contributed by atoms with Crippen LogP contribution in [0.3, 0.4) is 0 Å². The molecule has 1 aliphatic rings. The highest BCUT2D eigenvalue weighted by Crippen LogP contribution is 2.33. The first-order valence-corrected chi connectivity index (χ1v) is 13.2. The van der Waals surface area contributed by atoms with Gasteiger partial charge < -0.3 is 29.8 Å². The lowest BCUT2D eigenvalue weighted by atomic mass is 10.1. The summed E-state index contributed by atoms with van der Waals surface area (Å²) in [6, 6.07) is 2.13. The van der Waals surface area contributed by atoms with E-state index in [0.29, 0.717) is 17.9 Å². The monoisotopic (exact) mass is 550 g/mol. The number of hydrogen-bond acceptors (Lipinski definition) is 8. The van der Waals surface area contributed by atoms with Gasteiger partial charge in [-0.3, -0.25) is 14.4 Å². The summed E-state index contributed by atoms with van der Waals surface area (Å²) < 4.78 is 6.05. The first-order valence-electron chi connectivity index (χ1n) is 13.2. The molecule has 1 fully saturated rings. The van der Waals surface area contributed by atoms with Gasteiger partial charge in [-0.2, -0.15) is 0 Å². The van der Waals surface area contributed by atoms with Gasteiger partial charge in [0.15, 0.2) is 5.65 Å². The molecule has 13 heteroatoms. The maximum absolute atomic E-state index is 13.2. The smallest absolute Gasteiger partial charge is 0.407 e. The van der Waals surface area contributed by atoms with Crippen molar-refractivity contribution in [2.45, 2.75) is 51.1 Å². The quantitative estimate of drug-likeness (QED) is 0.288. The van der Waals surface area contributed by atoms with Crippen molar-refractivity contribution in [3.8, 4) is 0 Å². The Bertz CT molecular complexity index is 1460. The molecular formula is C27H34N8O5. The number of anilines is 1. The molecule has 3 aromatic heterocycles. The third-order valence-corrected chi connectivity index (χ3v) is 6.62. The van der Waals surface area contributed by atoms with Crippen molar-refractivity contribution in [3.63, 3.8) is 0 Å². The Labute approximate surface area is 231 Å². The molecule has 0 aliphatic heterocycles. The number of carbonyl (C=O) groups is 3. The van der Waals surface area contributed by atoms with Crippen molar-refractivity contribution < 1.29 is 19.1 Å². The highest BCUT2D eigenvalue weighted by atomic mass is 16.5. The molecule has 0 saturated heterocycles. The normalized spacial score (nSPS) is 13.8. The second-order valence-electron chi connectivity index (χ2n) is 9.93. The van der Waals surface area contributed by atoms with E-state index in [1.165, 1.54) is 47.9 Å². The minimum absolute atomic E-state index is 0.0449. The number of pyridine rings is 1. The molecule has 0 aromatic carbocycles. The highest BCUT2D eigenvalue weighted by Gasteiger charge is 2.23. The van der Waals surface area contributed by atoms with Crippen molar-refractivity contribution in [1.82, 2.24) is 34.7 Å². The van der Waals surface area contributed by atoms with E-state index in [4.69, 9.17) is 0 Å². The second kappa shape index (κ2) is 13.0. The first kappa shape index (κ1) is 28.5. The van der Waals surface area contributed by atoms with Crippen LogP contribution in [0.15, 0.2) is 41.6 Å². The molecule has 3 amide bonds. The van der Waals surface area contributed by atoms with Gasteiger partial charge in [-0.05, 0) is 49.8 Å². The number of ether oxygens (including phenoxy) is 1. The summed E-state index contributed by atoms with van der Waals surface area (Å²) in [4.78, 5) is 67.7. The van der Waals surface area contributed by atoms with Gasteiger partial charge in [-0.25, -0.2) is 19.7 Å². The summed E-state index contributed by atoms with van der Waals surface area (Å²) in [5.74, 6) is 0.526. The van der Waals surface area contributed by atoms with Gasteiger partial charge in [0.1, 0.15) is 29.4 Å². The number of amides is 3. The Morgan fingerprint density at radius 1 is 1.27 bits per heavy atom. The Kier molecular flexibility index (Phi) is 9.25. The molecule has 0 radical (unpaired) electrons. The molecule has 3 heterocycles. The molecule has 0 bridgehead atoms. The van der Waals surface area contributed by atoms with Crippen LogP contribution in [-0.4, -0.2) is 74.6 Å². The summed E-state index contributed by atoms with van der Waals surface area (Å²) >= 11 is 0. The van der Waals surface area contributed by atoms with Crippen LogP contribution in [0.25, 0.3) is 11.2 Å². The van der Waals surface area contributed by atoms with E-state index < -0.39 is 23.6 Å². The van der Waals surface area contributed by atoms with Crippen LogP contribution in [0.5, 0.6) is 0 Å². The third kappa shape index (κ3) is 7.52. The summed E-state index contributed by atoms with van der Waals surface area (Å²) in [5.41, 5.74) is 1.84. The van der Waals surface area contributed by atoms with E-state index >= 15 is 0 Å². The zero-order chi connectivity index (χ0) is 28.6. The molecule has 212 valence electrons. The zero-order valence-corrected chi connectivity index (χ0v) is 22.8. The number of carbonyl (C=O) groups excluding carboxylic acids is 3. The number of nitrogens with zero attached hydrogens (tertiary/aromatic N) is 5. The fourth-order valence-corrected chi connectivity index (χ4v) is 4.14. The topological polar surface area (TPSA) is 164 Å². The number of likely N-dealkylation sites (N-methyl/N-ethyl adjacent to an activating group) is 1. The molecule has 1 atom stereocenters. The van der Waals surface area contributed by atoms with Crippen molar-refractivity contribution in [1.29, 1.82) is 0 Å².